The summed E-state index contributed by atoms with van der Waals surface area (Å²) >= 11 is 6.23. The lowest BCUT2D eigenvalue weighted by Crippen LogP contribution is -2.22. The first-order chi connectivity index (χ1) is 9.04. The van der Waals surface area contributed by atoms with Crippen LogP contribution < -0.4 is 5.73 Å². The maximum absolute atomic E-state index is 6.23. The van der Waals surface area contributed by atoms with Crippen molar-refractivity contribution in [3.63, 3.8) is 0 Å². The Labute approximate surface area is 119 Å². The molecule has 0 radical (unpaired) electrons. The lowest BCUT2D eigenvalue weighted by molar-refractivity contribution is 0.641. The van der Waals surface area contributed by atoms with Crippen molar-refractivity contribution in [2.75, 3.05) is 0 Å². The predicted molar refractivity (Wildman–Crippen MR) is 80.0 cm³/mol. The second-order valence-corrected chi connectivity index (χ2v) is 5.28. The van der Waals surface area contributed by atoms with Gasteiger partial charge in [0.1, 0.15) is 0 Å². The van der Waals surface area contributed by atoms with Gasteiger partial charge in [-0.3, -0.25) is 0 Å². The number of benzene rings is 1. The SMILES string of the molecule is CCC(N)Cc1ccccc1-n1nc(C)c(Cl)c1C. The van der Waals surface area contributed by atoms with Crippen LogP contribution in [-0.4, -0.2) is 15.8 Å². The lowest BCUT2D eigenvalue weighted by Gasteiger charge is -2.14. The molecule has 1 heterocycles. The van der Waals surface area contributed by atoms with Crippen molar-refractivity contribution >= 4 is 11.6 Å². The van der Waals surface area contributed by atoms with Gasteiger partial charge < -0.3 is 5.73 Å². The number of hydrogen-bond acceptors (Lipinski definition) is 2. The second-order valence-electron chi connectivity index (χ2n) is 4.90. The van der Waals surface area contributed by atoms with E-state index in [9.17, 15) is 0 Å². The largest absolute Gasteiger partial charge is 0.327 e. The molecular formula is C15H20ClN3. The summed E-state index contributed by atoms with van der Waals surface area (Å²) in [5, 5.41) is 5.25. The van der Waals surface area contributed by atoms with E-state index in [1.54, 1.807) is 0 Å². The van der Waals surface area contributed by atoms with Crippen molar-refractivity contribution in [2.45, 2.75) is 39.7 Å². The fourth-order valence-electron chi connectivity index (χ4n) is 2.18. The molecule has 0 aliphatic carbocycles. The molecule has 0 bridgehead atoms. The molecule has 2 N–H and O–H groups in total. The summed E-state index contributed by atoms with van der Waals surface area (Å²) < 4.78 is 1.91. The number of nitrogens with two attached hydrogens (primary N) is 1. The number of nitrogens with zero attached hydrogens (tertiary/aromatic N) is 2. The van der Waals surface area contributed by atoms with E-state index >= 15 is 0 Å². The van der Waals surface area contributed by atoms with E-state index in [1.807, 2.05) is 30.7 Å². The summed E-state index contributed by atoms with van der Waals surface area (Å²) in [6, 6.07) is 8.39. The van der Waals surface area contributed by atoms with Gasteiger partial charge in [-0.15, -0.1) is 0 Å². The fourth-order valence-corrected chi connectivity index (χ4v) is 2.29. The predicted octanol–water partition coefficient (Wildman–Crippen LogP) is 3.42. The van der Waals surface area contributed by atoms with Crippen LogP contribution in [0.2, 0.25) is 5.02 Å². The third-order valence-corrected chi connectivity index (χ3v) is 3.98. The molecular weight excluding hydrogens is 258 g/mol. The van der Waals surface area contributed by atoms with Gasteiger partial charge in [-0.05, 0) is 38.3 Å². The Morgan fingerprint density at radius 1 is 1.32 bits per heavy atom. The highest BCUT2D eigenvalue weighted by atomic mass is 35.5. The number of aromatic nitrogens is 2. The average molecular weight is 278 g/mol. The molecule has 1 aromatic carbocycles. The third kappa shape index (κ3) is 2.82. The van der Waals surface area contributed by atoms with Gasteiger partial charge in [0.15, 0.2) is 0 Å². The Kier molecular flexibility index (Phi) is 4.27. The van der Waals surface area contributed by atoms with Gasteiger partial charge in [-0.25, -0.2) is 4.68 Å². The van der Waals surface area contributed by atoms with E-state index in [0.717, 1.165) is 34.9 Å². The molecule has 2 aromatic rings. The molecule has 1 aromatic heterocycles. The number of aryl methyl sites for hydroxylation is 1. The first kappa shape index (κ1) is 14.1. The van der Waals surface area contributed by atoms with Crippen molar-refractivity contribution in [1.29, 1.82) is 0 Å². The van der Waals surface area contributed by atoms with Crippen LogP contribution in [0.5, 0.6) is 0 Å². The van der Waals surface area contributed by atoms with Crippen LogP contribution in [0.15, 0.2) is 24.3 Å². The van der Waals surface area contributed by atoms with E-state index in [-0.39, 0.29) is 6.04 Å². The van der Waals surface area contributed by atoms with Crippen LogP contribution in [0.1, 0.15) is 30.3 Å². The van der Waals surface area contributed by atoms with Crippen molar-refractivity contribution in [3.05, 3.63) is 46.2 Å². The van der Waals surface area contributed by atoms with Gasteiger partial charge >= 0.3 is 0 Å². The van der Waals surface area contributed by atoms with Crippen LogP contribution in [-0.2, 0) is 6.42 Å². The van der Waals surface area contributed by atoms with E-state index in [2.05, 4.69) is 24.2 Å². The van der Waals surface area contributed by atoms with Gasteiger partial charge in [0.25, 0.3) is 0 Å². The van der Waals surface area contributed by atoms with Gasteiger partial charge in [0, 0.05) is 6.04 Å². The van der Waals surface area contributed by atoms with Crippen LogP contribution in [0.3, 0.4) is 0 Å². The molecule has 0 spiro atoms. The van der Waals surface area contributed by atoms with E-state index in [4.69, 9.17) is 17.3 Å². The highest BCUT2D eigenvalue weighted by molar-refractivity contribution is 6.31. The molecule has 0 aliphatic rings. The zero-order valence-corrected chi connectivity index (χ0v) is 12.4. The van der Waals surface area contributed by atoms with Crippen LogP contribution >= 0.6 is 11.6 Å². The van der Waals surface area contributed by atoms with Gasteiger partial charge in [0.2, 0.25) is 0 Å². The molecule has 0 saturated carbocycles. The molecule has 3 nitrogen and oxygen atoms in total. The highest BCUT2D eigenvalue weighted by Gasteiger charge is 2.14. The Morgan fingerprint density at radius 3 is 2.58 bits per heavy atom. The van der Waals surface area contributed by atoms with Gasteiger partial charge in [-0.1, -0.05) is 36.7 Å². The second kappa shape index (κ2) is 5.76. The molecule has 4 heteroatoms. The van der Waals surface area contributed by atoms with E-state index in [1.165, 1.54) is 5.56 Å². The molecule has 1 atom stereocenters. The molecule has 0 amide bonds. The molecule has 2 rings (SSSR count). The monoisotopic (exact) mass is 277 g/mol. The Bertz CT molecular complexity index is 575. The number of halogens is 1. The Balaban J connectivity index is 2.47. The average Bonchev–Trinajstić information content (AvgIpc) is 2.67. The van der Waals surface area contributed by atoms with E-state index in [0.29, 0.717) is 0 Å². The van der Waals surface area contributed by atoms with E-state index < -0.39 is 0 Å². The number of para-hydroxylation sites is 1. The molecule has 1 unspecified atom stereocenters. The first-order valence-corrected chi connectivity index (χ1v) is 6.98. The molecule has 0 saturated heterocycles. The summed E-state index contributed by atoms with van der Waals surface area (Å²) in [5.41, 5.74) is 10.2. The van der Waals surface area contributed by atoms with Crippen LogP contribution in [0.4, 0.5) is 0 Å². The zero-order chi connectivity index (χ0) is 14.0. The topological polar surface area (TPSA) is 43.8 Å². The van der Waals surface area contributed by atoms with Crippen LogP contribution in [0.25, 0.3) is 5.69 Å². The summed E-state index contributed by atoms with van der Waals surface area (Å²) in [4.78, 5) is 0. The standard InChI is InChI=1S/C15H20ClN3/c1-4-13(17)9-12-7-5-6-8-14(12)19-11(3)15(16)10(2)18-19/h5-8,13H,4,9,17H2,1-3H3. The Hall–Kier alpha value is -1.32. The Morgan fingerprint density at radius 2 is 2.00 bits per heavy atom. The minimum absolute atomic E-state index is 0.175. The molecule has 0 aliphatic heterocycles. The number of rotatable bonds is 4. The smallest absolute Gasteiger partial charge is 0.0848 e. The molecule has 0 fully saturated rings. The summed E-state index contributed by atoms with van der Waals surface area (Å²) in [6.45, 7) is 6.01. The lowest BCUT2D eigenvalue weighted by atomic mass is 10.0. The molecule has 102 valence electrons. The summed E-state index contributed by atoms with van der Waals surface area (Å²) in [5.74, 6) is 0. The summed E-state index contributed by atoms with van der Waals surface area (Å²) in [7, 11) is 0. The van der Waals surface area contributed by atoms with Crippen molar-refractivity contribution < 1.29 is 0 Å². The molecule has 19 heavy (non-hydrogen) atoms. The van der Waals surface area contributed by atoms with Crippen LogP contribution in [0, 0.1) is 13.8 Å². The third-order valence-electron chi connectivity index (χ3n) is 3.43. The minimum atomic E-state index is 0.175. The number of hydrogen-bond donors (Lipinski definition) is 1. The van der Waals surface area contributed by atoms with Crippen molar-refractivity contribution in [3.8, 4) is 5.69 Å². The quantitative estimate of drug-likeness (QED) is 0.931. The first-order valence-electron chi connectivity index (χ1n) is 6.60. The maximum Gasteiger partial charge on any atom is 0.0848 e. The van der Waals surface area contributed by atoms with Crippen molar-refractivity contribution in [2.24, 2.45) is 5.73 Å². The van der Waals surface area contributed by atoms with Gasteiger partial charge in [-0.2, -0.15) is 5.10 Å². The fraction of sp³-hybridized carbons (Fsp3) is 0.400. The summed E-state index contributed by atoms with van der Waals surface area (Å²) in [6.07, 6.45) is 1.81. The maximum atomic E-state index is 6.23. The highest BCUT2D eigenvalue weighted by Crippen LogP contribution is 2.24. The van der Waals surface area contributed by atoms with Gasteiger partial charge in [0.05, 0.1) is 22.1 Å². The minimum Gasteiger partial charge on any atom is -0.327 e. The normalized spacial score (nSPS) is 12.7. The zero-order valence-electron chi connectivity index (χ0n) is 11.7. The van der Waals surface area contributed by atoms with Crippen molar-refractivity contribution in [1.82, 2.24) is 9.78 Å².